The predicted molar refractivity (Wildman–Crippen MR) is 101 cm³/mol. The maximum Gasteiger partial charge on any atom is 0.271 e. The normalized spacial score (nSPS) is 14.9. The first-order valence-electron chi connectivity index (χ1n) is 8.34. The number of nitro groups is 1. The molecule has 0 spiro atoms. The zero-order valence-corrected chi connectivity index (χ0v) is 15.6. The second-order valence-electron chi connectivity index (χ2n) is 6.35. The Hall–Kier alpha value is -2.94. The summed E-state index contributed by atoms with van der Waals surface area (Å²) in [6.45, 7) is 2.09. The van der Waals surface area contributed by atoms with Crippen LogP contribution in [0, 0.1) is 10.1 Å². The van der Waals surface area contributed by atoms with Gasteiger partial charge in [0.15, 0.2) is 9.84 Å². The summed E-state index contributed by atoms with van der Waals surface area (Å²) in [6.07, 6.45) is 1.12. The molecule has 2 aromatic carbocycles. The quantitative estimate of drug-likeness (QED) is 0.585. The fourth-order valence-corrected chi connectivity index (χ4v) is 3.63. The van der Waals surface area contributed by atoms with E-state index in [-0.39, 0.29) is 16.5 Å². The van der Waals surface area contributed by atoms with Gasteiger partial charge in [0.2, 0.25) is 0 Å². The van der Waals surface area contributed by atoms with Crippen molar-refractivity contribution in [1.82, 2.24) is 4.90 Å². The van der Waals surface area contributed by atoms with E-state index in [0.29, 0.717) is 31.7 Å². The summed E-state index contributed by atoms with van der Waals surface area (Å²) in [4.78, 5) is 27.0. The third-order valence-electron chi connectivity index (χ3n) is 4.50. The van der Waals surface area contributed by atoms with Crippen LogP contribution < -0.4 is 4.90 Å². The van der Waals surface area contributed by atoms with Crippen molar-refractivity contribution in [1.29, 1.82) is 0 Å². The van der Waals surface area contributed by atoms with Crippen LogP contribution in [0.4, 0.5) is 11.4 Å². The van der Waals surface area contributed by atoms with Gasteiger partial charge in [-0.1, -0.05) is 6.07 Å². The summed E-state index contributed by atoms with van der Waals surface area (Å²) < 4.78 is 23.0. The highest BCUT2D eigenvalue weighted by Gasteiger charge is 2.23. The number of carbonyl (C=O) groups excluding carboxylic acids is 1. The average Bonchev–Trinajstić information content (AvgIpc) is 2.67. The number of nitrogens with zero attached hydrogens (tertiary/aromatic N) is 3. The topological polar surface area (TPSA) is 101 Å². The number of hydrogen-bond acceptors (Lipinski definition) is 6. The van der Waals surface area contributed by atoms with E-state index in [1.807, 2.05) is 11.0 Å². The summed E-state index contributed by atoms with van der Waals surface area (Å²) in [5.74, 6) is -0.159. The lowest BCUT2D eigenvalue weighted by molar-refractivity contribution is -0.384. The van der Waals surface area contributed by atoms with Crippen molar-refractivity contribution >= 4 is 27.1 Å². The van der Waals surface area contributed by atoms with E-state index in [9.17, 15) is 23.3 Å². The molecule has 0 unspecified atom stereocenters. The van der Waals surface area contributed by atoms with Crippen molar-refractivity contribution in [3.63, 3.8) is 0 Å². The first-order chi connectivity index (χ1) is 12.8. The zero-order chi connectivity index (χ0) is 19.6. The molecular formula is C18H19N3O5S. The number of nitro benzene ring substituents is 1. The van der Waals surface area contributed by atoms with E-state index in [2.05, 4.69) is 0 Å². The monoisotopic (exact) mass is 389 g/mol. The zero-order valence-electron chi connectivity index (χ0n) is 14.7. The lowest BCUT2D eigenvalue weighted by Crippen LogP contribution is -2.48. The van der Waals surface area contributed by atoms with Crippen LogP contribution in [-0.4, -0.2) is 56.6 Å². The van der Waals surface area contributed by atoms with Crippen molar-refractivity contribution in [2.24, 2.45) is 0 Å². The van der Waals surface area contributed by atoms with Crippen molar-refractivity contribution in [3.05, 3.63) is 64.2 Å². The van der Waals surface area contributed by atoms with Crippen LogP contribution in [-0.2, 0) is 9.84 Å². The first kappa shape index (κ1) is 18.8. The maximum absolute atomic E-state index is 12.6. The highest BCUT2D eigenvalue weighted by molar-refractivity contribution is 7.90. The molecule has 1 fully saturated rings. The lowest BCUT2D eigenvalue weighted by Gasteiger charge is -2.36. The summed E-state index contributed by atoms with van der Waals surface area (Å²) in [5, 5.41) is 10.9. The van der Waals surface area contributed by atoms with Gasteiger partial charge in [0.1, 0.15) is 0 Å². The first-order valence-corrected chi connectivity index (χ1v) is 10.2. The average molecular weight is 389 g/mol. The summed E-state index contributed by atoms with van der Waals surface area (Å²) in [5.41, 5.74) is 1.23. The van der Waals surface area contributed by atoms with Gasteiger partial charge in [-0.15, -0.1) is 0 Å². The summed E-state index contributed by atoms with van der Waals surface area (Å²) in [7, 11) is -3.30. The minimum Gasteiger partial charge on any atom is -0.368 e. The van der Waals surface area contributed by atoms with Gasteiger partial charge in [-0.25, -0.2) is 8.42 Å². The molecule has 1 aliphatic rings. The van der Waals surface area contributed by atoms with Gasteiger partial charge in [-0.2, -0.15) is 0 Å². The molecule has 27 heavy (non-hydrogen) atoms. The second kappa shape index (κ2) is 7.36. The van der Waals surface area contributed by atoms with Crippen LogP contribution in [0.1, 0.15) is 10.4 Å². The SMILES string of the molecule is CS(=O)(=O)c1ccc(C(=O)N2CCN(c3cccc([N+](=O)[O-])c3)CC2)cc1. The number of piperazine rings is 1. The Labute approximate surface area is 157 Å². The van der Waals surface area contributed by atoms with Crippen LogP contribution in [0.3, 0.4) is 0 Å². The third-order valence-corrected chi connectivity index (χ3v) is 5.63. The highest BCUT2D eigenvalue weighted by Crippen LogP contribution is 2.22. The number of anilines is 1. The van der Waals surface area contributed by atoms with E-state index in [1.165, 1.54) is 36.4 Å². The molecular weight excluding hydrogens is 370 g/mol. The number of benzene rings is 2. The van der Waals surface area contributed by atoms with Gasteiger partial charge in [0.05, 0.1) is 9.82 Å². The van der Waals surface area contributed by atoms with Gasteiger partial charge >= 0.3 is 0 Å². The van der Waals surface area contributed by atoms with Crippen LogP contribution in [0.25, 0.3) is 0 Å². The maximum atomic E-state index is 12.6. The largest absolute Gasteiger partial charge is 0.368 e. The highest BCUT2D eigenvalue weighted by atomic mass is 32.2. The van der Waals surface area contributed by atoms with Crippen molar-refractivity contribution in [3.8, 4) is 0 Å². The Balaban J connectivity index is 1.66. The minimum absolute atomic E-state index is 0.0389. The van der Waals surface area contributed by atoms with Gasteiger partial charge < -0.3 is 9.80 Å². The van der Waals surface area contributed by atoms with Crippen molar-refractivity contribution in [2.75, 3.05) is 37.3 Å². The molecule has 1 saturated heterocycles. The van der Waals surface area contributed by atoms with Gasteiger partial charge in [-0.3, -0.25) is 14.9 Å². The Kier molecular flexibility index (Phi) is 5.13. The van der Waals surface area contributed by atoms with Crippen LogP contribution in [0.15, 0.2) is 53.4 Å². The van der Waals surface area contributed by atoms with E-state index in [4.69, 9.17) is 0 Å². The molecule has 0 aromatic heterocycles. The molecule has 9 heteroatoms. The molecule has 0 saturated carbocycles. The Bertz CT molecular complexity index is 965. The molecule has 0 atom stereocenters. The molecule has 0 N–H and O–H groups in total. The van der Waals surface area contributed by atoms with Crippen LogP contribution >= 0.6 is 0 Å². The van der Waals surface area contributed by atoms with Gasteiger partial charge in [0.25, 0.3) is 11.6 Å². The summed E-state index contributed by atoms with van der Waals surface area (Å²) >= 11 is 0. The lowest BCUT2D eigenvalue weighted by atomic mass is 10.1. The number of carbonyl (C=O) groups is 1. The second-order valence-corrected chi connectivity index (χ2v) is 8.37. The number of amides is 1. The van der Waals surface area contributed by atoms with Gasteiger partial charge in [-0.05, 0) is 30.3 Å². The standard InChI is InChI=1S/C18H19N3O5S/c1-27(25,26)17-7-5-14(6-8-17)18(22)20-11-9-19(10-12-20)15-3-2-4-16(13-15)21(23)24/h2-8,13H,9-12H2,1H3. The number of rotatable bonds is 4. The number of hydrogen-bond donors (Lipinski definition) is 0. The summed E-state index contributed by atoms with van der Waals surface area (Å²) in [6, 6.07) is 12.3. The molecule has 142 valence electrons. The Morgan fingerprint density at radius 2 is 1.67 bits per heavy atom. The molecule has 0 radical (unpaired) electrons. The number of non-ortho nitro benzene ring substituents is 1. The van der Waals surface area contributed by atoms with Crippen LogP contribution in [0.2, 0.25) is 0 Å². The molecule has 3 rings (SSSR count). The van der Waals surface area contributed by atoms with E-state index < -0.39 is 14.8 Å². The van der Waals surface area contributed by atoms with Crippen LogP contribution in [0.5, 0.6) is 0 Å². The van der Waals surface area contributed by atoms with Crippen molar-refractivity contribution in [2.45, 2.75) is 4.90 Å². The Morgan fingerprint density at radius 3 is 2.22 bits per heavy atom. The molecule has 0 aliphatic carbocycles. The van der Waals surface area contributed by atoms with Gasteiger partial charge in [0, 0.05) is 55.8 Å². The molecule has 1 amide bonds. The fourth-order valence-electron chi connectivity index (χ4n) is 3.00. The Morgan fingerprint density at radius 1 is 1.04 bits per heavy atom. The van der Waals surface area contributed by atoms with E-state index in [1.54, 1.807) is 11.0 Å². The van der Waals surface area contributed by atoms with Crippen molar-refractivity contribution < 1.29 is 18.1 Å². The smallest absolute Gasteiger partial charge is 0.271 e. The molecule has 1 aliphatic heterocycles. The third kappa shape index (κ3) is 4.25. The van der Waals surface area contributed by atoms with E-state index >= 15 is 0 Å². The fraction of sp³-hybridized carbons (Fsp3) is 0.278. The molecule has 8 nitrogen and oxygen atoms in total. The van der Waals surface area contributed by atoms with E-state index in [0.717, 1.165) is 11.9 Å². The predicted octanol–water partition coefficient (Wildman–Crippen LogP) is 1.96. The number of sulfone groups is 1. The minimum atomic E-state index is -3.30. The molecule has 2 aromatic rings. The molecule has 1 heterocycles. The molecule has 0 bridgehead atoms.